The number of rotatable bonds is 6. The smallest absolute Gasteiger partial charge is 0.255 e. The molecule has 1 aliphatic heterocycles. The van der Waals surface area contributed by atoms with E-state index in [0.717, 1.165) is 12.8 Å². The van der Waals surface area contributed by atoms with Crippen LogP contribution in [0, 0.1) is 29.3 Å². The quantitative estimate of drug-likeness (QED) is 0.316. The second-order valence-electron chi connectivity index (χ2n) is 11.6. The van der Waals surface area contributed by atoms with Gasteiger partial charge in [0.05, 0.1) is 26.8 Å². The van der Waals surface area contributed by atoms with Gasteiger partial charge in [-0.15, -0.1) is 0 Å². The third-order valence-electron chi connectivity index (χ3n) is 9.25. The predicted octanol–water partition coefficient (Wildman–Crippen LogP) is 6.59. The molecule has 0 aromatic heterocycles. The fourth-order valence-corrected chi connectivity index (χ4v) is 10.1. The molecule has 11 heteroatoms. The Balaban J connectivity index is 1.26. The van der Waals surface area contributed by atoms with Crippen molar-refractivity contribution in [1.29, 1.82) is 0 Å². The van der Waals surface area contributed by atoms with Crippen molar-refractivity contribution in [2.24, 2.45) is 11.8 Å². The Morgan fingerprint density at radius 2 is 1.67 bits per heavy atom. The van der Waals surface area contributed by atoms with Crippen molar-refractivity contribution in [2.45, 2.75) is 60.9 Å². The highest BCUT2D eigenvalue weighted by Crippen LogP contribution is 2.56. The highest BCUT2D eigenvalue weighted by atomic mass is 35.5. The van der Waals surface area contributed by atoms with Crippen molar-refractivity contribution in [3.05, 3.63) is 94.3 Å². The molecular formula is C31H30ClF3N2O4S. The third-order valence-corrected chi connectivity index (χ3v) is 12.1. The maximum Gasteiger partial charge on any atom is 0.255 e. The predicted molar refractivity (Wildman–Crippen MR) is 152 cm³/mol. The molecule has 6 rings (SSSR count). The van der Waals surface area contributed by atoms with Crippen LogP contribution in [0.1, 0.15) is 48.5 Å². The van der Waals surface area contributed by atoms with Gasteiger partial charge in [0, 0.05) is 29.9 Å². The number of amides is 1. The van der Waals surface area contributed by atoms with Crippen molar-refractivity contribution in [2.75, 3.05) is 12.0 Å². The Hall–Kier alpha value is -2.92. The number of nitrogens with zero attached hydrogens (tertiary/aromatic N) is 1. The van der Waals surface area contributed by atoms with Crippen molar-refractivity contribution in [3.63, 3.8) is 0 Å². The molecule has 3 unspecified atom stereocenters. The van der Waals surface area contributed by atoms with Crippen LogP contribution in [0.2, 0.25) is 5.02 Å². The fourth-order valence-electron chi connectivity index (χ4n) is 7.26. The van der Waals surface area contributed by atoms with Crippen LogP contribution in [0.3, 0.4) is 0 Å². The summed E-state index contributed by atoms with van der Waals surface area (Å²) >= 11 is 6.42. The number of halogens is 4. The van der Waals surface area contributed by atoms with Gasteiger partial charge in [-0.3, -0.25) is 9.69 Å². The van der Waals surface area contributed by atoms with Crippen molar-refractivity contribution < 1.29 is 31.1 Å². The first-order chi connectivity index (χ1) is 20.0. The van der Waals surface area contributed by atoms with Gasteiger partial charge in [0.25, 0.3) is 5.91 Å². The van der Waals surface area contributed by atoms with Crippen molar-refractivity contribution >= 4 is 33.0 Å². The molecule has 1 amide bonds. The van der Waals surface area contributed by atoms with Crippen LogP contribution in [-0.2, 0) is 21.1 Å². The Labute approximate surface area is 247 Å². The molecule has 0 radical (unpaired) electrons. The van der Waals surface area contributed by atoms with E-state index < -0.39 is 38.4 Å². The molecular weight excluding hydrogens is 589 g/mol. The largest absolute Gasteiger partial charge is 0.361 e. The van der Waals surface area contributed by atoms with Gasteiger partial charge in [-0.2, -0.15) is 0 Å². The number of anilines is 1. The number of fused-ring (bicyclic) bond motifs is 2. The molecule has 1 N–H and O–H groups in total. The van der Waals surface area contributed by atoms with Crippen LogP contribution in [0.4, 0.5) is 18.9 Å². The molecule has 1 spiro atoms. The summed E-state index contributed by atoms with van der Waals surface area (Å²) in [6.45, 7) is 3.27. The van der Waals surface area contributed by atoms with E-state index in [0.29, 0.717) is 38.2 Å². The molecule has 1 heterocycles. The maximum atomic E-state index is 14.2. The number of carbonyl (C=O) groups excluding carboxylic acids is 1. The first kappa shape index (κ1) is 29.2. The molecule has 3 aromatic rings. The summed E-state index contributed by atoms with van der Waals surface area (Å²) in [6.07, 6.45) is 2.82. The van der Waals surface area contributed by atoms with Crippen LogP contribution in [0.5, 0.6) is 0 Å². The summed E-state index contributed by atoms with van der Waals surface area (Å²) in [7, 11) is -3.96. The average molecular weight is 619 g/mol. The van der Waals surface area contributed by atoms with Crippen LogP contribution in [0.15, 0.2) is 65.6 Å². The van der Waals surface area contributed by atoms with E-state index in [-0.39, 0.29) is 44.6 Å². The van der Waals surface area contributed by atoms with Gasteiger partial charge in [0.15, 0.2) is 27.3 Å². The number of ether oxygens (including phenoxy) is 1. The number of hydrogen-bond donors (Lipinski definition) is 1. The van der Waals surface area contributed by atoms with Crippen LogP contribution < -0.4 is 5.32 Å². The number of nitrogens with one attached hydrogen (secondary N) is 1. The summed E-state index contributed by atoms with van der Waals surface area (Å²) in [5, 5.41) is 1.63. The molecule has 5 atom stereocenters. The molecule has 2 saturated carbocycles. The fraction of sp³-hybridized carbons (Fsp3) is 0.387. The summed E-state index contributed by atoms with van der Waals surface area (Å²) < 4.78 is 75.1. The van der Waals surface area contributed by atoms with E-state index in [1.165, 1.54) is 23.8 Å². The lowest BCUT2D eigenvalue weighted by molar-refractivity contribution is 0.0421. The van der Waals surface area contributed by atoms with E-state index in [9.17, 15) is 26.4 Å². The Kier molecular flexibility index (Phi) is 7.62. The minimum atomic E-state index is -3.96. The van der Waals surface area contributed by atoms with Crippen LogP contribution in [0.25, 0.3) is 0 Å². The minimum Gasteiger partial charge on any atom is -0.361 e. The van der Waals surface area contributed by atoms with Gasteiger partial charge >= 0.3 is 0 Å². The Bertz CT molecular complexity index is 1600. The molecule has 222 valence electrons. The monoisotopic (exact) mass is 618 g/mol. The molecule has 1 saturated heterocycles. The van der Waals surface area contributed by atoms with Crippen LogP contribution >= 0.6 is 11.6 Å². The first-order valence-corrected chi connectivity index (χ1v) is 15.8. The lowest BCUT2D eigenvalue weighted by Crippen LogP contribution is -2.56. The van der Waals surface area contributed by atoms with E-state index in [4.69, 9.17) is 16.3 Å². The molecule has 2 bridgehead atoms. The third kappa shape index (κ3) is 5.02. The van der Waals surface area contributed by atoms with E-state index in [2.05, 4.69) is 29.3 Å². The molecule has 6 nitrogen and oxygen atoms in total. The zero-order chi connectivity index (χ0) is 29.8. The standard InChI is InChI=1S/C31H30ClF3N2O4S/c1-18-31(37(17-41-18)16-19-5-3-2-4-6-19)14-21-7-8-22(15-31)29(21)42(39,40)27-11-20(9-10-24(27)32)30(38)36-23-12-25(33)28(35)26(34)13-23/h2-6,9-13,18,21-22,29H,7-8,14-17H2,1H3,(H,36,38)/t18?,21-,22?,29?,31-/m1/s1. The van der Waals surface area contributed by atoms with E-state index in [1.807, 2.05) is 18.2 Å². The zero-order valence-electron chi connectivity index (χ0n) is 22.8. The minimum absolute atomic E-state index is 0.00613. The highest BCUT2D eigenvalue weighted by molar-refractivity contribution is 7.92. The summed E-state index contributed by atoms with van der Waals surface area (Å²) in [5.41, 5.74) is 0.525. The van der Waals surface area contributed by atoms with Gasteiger partial charge < -0.3 is 10.1 Å². The Morgan fingerprint density at radius 3 is 2.31 bits per heavy atom. The number of benzene rings is 3. The number of carbonyl (C=O) groups is 1. The van der Waals surface area contributed by atoms with Crippen molar-refractivity contribution in [3.8, 4) is 0 Å². The van der Waals surface area contributed by atoms with Gasteiger partial charge in [-0.25, -0.2) is 21.6 Å². The zero-order valence-corrected chi connectivity index (χ0v) is 24.4. The maximum absolute atomic E-state index is 14.2. The SMILES string of the molecule is CC1OCN(Cc2ccccc2)[C@]12CC1CC[C@H](C2)C1S(=O)(=O)c1cc(C(=O)Nc2cc(F)c(F)c(F)c2)ccc1Cl. The molecule has 2 aliphatic carbocycles. The molecule has 3 aromatic carbocycles. The van der Waals surface area contributed by atoms with Crippen LogP contribution in [-0.4, -0.2) is 42.8 Å². The summed E-state index contributed by atoms with van der Waals surface area (Å²) in [6, 6.07) is 15.3. The van der Waals surface area contributed by atoms with Gasteiger partial charge in [0.2, 0.25) is 0 Å². The normalized spacial score (nSPS) is 27.5. The molecule has 42 heavy (non-hydrogen) atoms. The average Bonchev–Trinajstić information content (AvgIpc) is 3.41. The van der Waals surface area contributed by atoms with Gasteiger partial charge in [-0.05, 0) is 68.2 Å². The highest BCUT2D eigenvalue weighted by Gasteiger charge is 2.60. The Morgan fingerprint density at radius 1 is 1.02 bits per heavy atom. The summed E-state index contributed by atoms with van der Waals surface area (Å²) in [4.78, 5) is 15.1. The molecule has 3 fully saturated rings. The second kappa shape index (κ2) is 11.0. The van der Waals surface area contributed by atoms with E-state index >= 15 is 0 Å². The lowest BCUT2D eigenvalue weighted by atomic mass is 9.71. The van der Waals surface area contributed by atoms with Gasteiger partial charge in [-0.1, -0.05) is 41.9 Å². The molecule has 3 aliphatic rings. The van der Waals surface area contributed by atoms with Gasteiger partial charge in [0.1, 0.15) is 6.73 Å². The number of hydrogen-bond acceptors (Lipinski definition) is 5. The number of sulfone groups is 1. The van der Waals surface area contributed by atoms with E-state index in [1.54, 1.807) is 0 Å². The second-order valence-corrected chi connectivity index (χ2v) is 14.1. The van der Waals surface area contributed by atoms with Crippen molar-refractivity contribution in [1.82, 2.24) is 4.90 Å². The topological polar surface area (TPSA) is 75.7 Å². The summed E-state index contributed by atoms with van der Waals surface area (Å²) in [5.74, 6) is -5.62. The lowest BCUT2D eigenvalue weighted by Gasteiger charge is -2.48. The first-order valence-electron chi connectivity index (χ1n) is 13.9.